The van der Waals surface area contributed by atoms with E-state index < -0.39 is 11.5 Å². The monoisotopic (exact) mass is 349 g/mol. The molecular formula is C16H19N3O4S. The SMILES string of the molecule is Cc1cc(C(=O)NC2(CC(=O)O)CCOC2)c(C)n1-c1nccs1. The first kappa shape index (κ1) is 16.7. The standard InChI is InChI=1S/C16H19N3O4S/c1-10-7-12(11(2)19(10)15-17-4-6-24-15)14(22)18-16(8-13(20)21)3-5-23-9-16/h4,6-7H,3,5,8-9H2,1-2H3,(H,18,22)(H,20,21). The van der Waals surface area contributed by atoms with Crippen LogP contribution in [0, 0.1) is 13.8 Å². The fraction of sp³-hybridized carbons (Fsp3) is 0.438. The Balaban J connectivity index is 1.88. The highest BCUT2D eigenvalue weighted by Crippen LogP contribution is 2.26. The molecule has 1 fully saturated rings. The third kappa shape index (κ3) is 3.07. The van der Waals surface area contributed by atoms with Crippen LogP contribution in [0.15, 0.2) is 17.6 Å². The van der Waals surface area contributed by atoms with Gasteiger partial charge in [0.25, 0.3) is 5.91 Å². The van der Waals surface area contributed by atoms with Gasteiger partial charge in [-0.3, -0.25) is 14.2 Å². The molecule has 2 aromatic rings. The number of carbonyl (C=O) groups is 2. The van der Waals surface area contributed by atoms with Gasteiger partial charge >= 0.3 is 5.97 Å². The molecular weight excluding hydrogens is 330 g/mol. The van der Waals surface area contributed by atoms with Crippen LogP contribution in [0.1, 0.15) is 34.6 Å². The zero-order chi connectivity index (χ0) is 17.3. The molecule has 1 saturated heterocycles. The molecule has 1 unspecified atom stereocenters. The number of aromatic nitrogens is 2. The molecule has 0 spiro atoms. The number of amides is 1. The predicted molar refractivity (Wildman–Crippen MR) is 88.8 cm³/mol. The number of hydrogen-bond donors (Lipinski definition) is 2. The van der Waals surface area contributed by atoms with Gasteiger partial charge in [0.05, 0.1) is 24.1 Å². The van der Waals surface area contributed by atoms with Crippen LogP contribution in [0.5, 0.6) is 0 Å². The minimum Gasteiger partial charge on any atom is -0.481 e. The van der Waals surface area contributed by atoms with E-state index in [1.54, 1.807) is 12.3 Å². The van der Waals surface area contributed by atoms with E-state index in [0.29, 0.717) is 18.6 Å². The van der Waals surface area contributed by atoms with E-state index in [2.05, 4.69) is 10.3 Å². The molecule has 7 nitrogen and oxygen atoms in total. The number of aryl methyl sites for hydroxylation is 1. The summed E-state index contributed by atoms with van der Waals surface area (Å²) in [5.74, 6) is -1.23. The lowest BCUT2D eigenvalue weighted by molar-refractivity contribution is -0.138. The quantitative estimate of drug-likeness (QED) is 0.860. The maximum absolute atomic E-state index is 12.8. The molecule has 1 amide bonds. The Morgan fingerprint density at radius 3 is 2.88 bits per heavy atom. The van der Waals surface area contributed by atoms with Crippen LogP contribution in [-0.4, -0.2) is 45.3 Å². The summed E-state index contributed by atoms with van der Waals surface area (Å²) in [6.45, 7) is 4.44. The van der Waals surface area contributed by atoms with Crippen molar-refractivity contribution < 1.29 is 19.4 Å². The second-order valence-corrected chi connectivity index (χ2v) is 6.92. The van der Waals surface area contributed by atoms with Crippen LogP contribution in [0.25, 0.3) is 5.13 Å². The molecule has 0 aromatic carbocycles. The van der Waals surface area contributed by atoms with E-state index in [-0.39, 0.29) is 18.9 Å². The fourth-order valence-electron chi connectivity index (χ4n) is 3.10. The largest absolute Gasteiger partial charge is 0.481 e. The van der Waals surface area contributed by atoms with Crippen LogP contribution < -0.4 is 5.32 Å². The Hall–Kier alpha value is -2.19. The van der Waals surface area contributed by atoms with Crippen molar-refractivity contribution >= 4 is 23.2 Å². The van der Waals surface area contributed by atoms with Crippen LogP contribution in [0.2, 0.25) is 0 Å². The van der Waals surface area contributed by atoms with E-state index in [4.69, 9.17) is 9.84 Å². The van der Waals surface area contributed by atoms with Gasteiger partial charge in [-0.25, -0.2) is 4.98 Å². The van der Waals surface area contributed by atoms with E-state index in [1.165, 1.54) is 11.3 Å². The summed E-state index contributed by atoms with van der Waals surface area (Å²) in [6, 6.07) is 1.80. The summed E-state index contributed by atoms with van der Waals surface area (Å²) in [5, 5.41) is 14.7. The number of rotatable bonds is 5. The molecule has 3 rings (SSSR count). The maximum atomic E-state index is 12.8. The highest BCUT2D eigenvalue weighted by molar-refractivity contribution is 7.12. The van der Waals surface area contributed by atoms with Crippen LogP contribution >= 0.6 is 11.3 Å². The van der Waals surface area contributed by atoms with Gasteiger partial charge in [-0.1, -0.05) is 0 Å². The number of aliphatic carboxylic acids is 1. The van der Waals surface area contributed by atoms with Gasteiger partial charge in [0.2, 0.25) is 0 Å². The van der Waals surface area contributed by atoms with Crippen molar-refractivity contribution in [2.24, 2.45) is 0 Å². The van der Waals surface area contributed by atoms with Crippen molar-refractivity contribution in [2.45, 2.75) is 32.2 Å². The van der Waals surface area contributed by atoms with E-state index in [1.807, 2.05) is 23.8 Å². The average Bonchev–Trinajstić information content (AvgIpc) is 3.20. The molecule has 3 heterocycles. The number of thiazole rings is 1. The Morgan fingerprint density at radius 1 is 1.50 bits per heavy atom. The molecule has 1 aliphatic heterocycles. The lowest BCUT2D eigenvalue weighted by Gasteiger charge is -2.27. The third-order valence-corrected chi connectivity index (χ3v) is 5.01. The molecule has 0 saturated carbocycles. The third-order valence-electron chi connectivity index (χ3n) is 4.26. The highest BCUT2D eigenvalue weighted by atomic mass is 32.1. The molecule has 0 radical (unpaired) electrons. The molecule has 1 atom stereocenters. The van der Waals surface area contributed by atoms with Gasteiger partial charge in [-0.05, 0) is 26.3 Å². The average molecular weight is 349 g/mol. The molecule has 0 bridgehead atoms. The van der Waals surface area contributed by atoms with E-state index in [9.17, 15) is 9.59 Å². The molecule has 2 aromatic heterocycles. The van der Waals surface area contributed by atoms with Crippen molar-refractivity contribution in [3.63, 3.8) is 0 Å². The van der Waals surface area contributed by atoms with E-state index in [0.717, 1.165) is 16.5 Å². The topological polar surface area (TPSA) is 93.5 Å². The molecule has 0 aliphatic carbocycles. The Bertz CT molecular complexity index is 761. The zero-order valence-electron chi connectivity index (χ0n) is 13.5. The van der Waals surface area contributed by atoms with Crippen LogP contribution in [0.3, 0.4) is 0 Å². The van der Waals surface area contributed by atoms with E-state index >= 15 is 0 Å². The number of ether oxygens (including phenoxy) is 1. The molecule has 8 heteroatoms. The van der Waals surface area contributed by atoms with Gasteiger partial charge in [0.15, 0.2) is 5.13 Å². The first-order chi connectivity index (χ1) is 11.4. The molecule has 1 aliphatic rings. The Morgan fingerprint density at radius 2 is 2.29 bits per heavy atom. The van der Waals surface area contributed by atoms with Gasteiger partial charge in [-0.15, -0.1) is 11.3 Å². The fourth-order valence-corrected chi connectivity index (χ4v) is 3.85. The minimum atomic E-state index is -0.950. The first-order valence-electron chi connectivity index (χ1n) is 7.63. The van der Waals surface area contributed by atoms with Crippen molar-refractivity contribution in [3.05, 3.63) is 34.6 Å². The normalized spacial score (nSPS) is 20.2. The van der Waals surface area contributed by atoms with Gasteiger partial charge in [-0.2, -0.15) is 0 Å². The number of carbonyl (C=O) groups excluding carboxylic acids is 1. The van der Waals surface area contributed by atoms with Crippen LogP contribution in [-0.2, 0) is 9.53 Å². The number of nitrogens with zero attached hydrogens (tertiary/aromatic N) is 2. The van der Waals surface area contributed by atoms with Crippen molar-refractivity contribution in [2.75, 3.05) is 13.2 Å². The summed E-state index contributed by atoms with van der Waals surface area (Å²) in [5.41, 5.74) is 1.37. The summed E-state index contributed by atoms with van der Waals surface area (Å²) < 4.78 is 7.25. The minimum absolute atomic E-state index is 0.149. The molecule has 128 valence electrons. The Labute approximate surface area is 143 Å². The lowest BCUT2D eigenvalue weighted by Crippen LogP contribution is -2.50. The lowest BCUT2D eigenvalue weighted by atomic mass is 9.93. The van der Waals surface area contributed by atoms with Crippen molar-refractivity contribution in [1.29, 1.82) is 0 Å². The number of nitrogens with one attached hydrogen (secondary N) is 1. The highest BCUT2D eigenvalue weighted by Gasteiger charge is 2.39. The van der Waals surface area contributed by atoms with Gasteiger partial charge < -0.3 is 15.2 Å². The second kappa shape index (κ2) is 6.37. The smallest absolute Gasteiger partial charge is 0.305 e. The van der Waals surface area contributed by atoms with Gasteiger partial charge in [0.1, 0.15) is 0 Å². The van der Waals surface area contributed by atoms with Crippen molar-refractivity contribution in [3.8, 4) is 5.13 Å². The van der Waals surface area contributed by atoms with Gasteiger partial charge in [0, 0.05) is 29.6 Å². The summed E-state index contributed by atoms with van der Waals surface area (Å²) in [6.07, 6.45) is 2.07. The second-order valence-electron chi connectivity index (χ2n) is 6.04. The maximum Gasteiger partial charge on any atom is 0.305 e. The number of hydrogen-bond acceptors (Lipinski definition) is 5. The first-order valence-corrected chi connectivity index (χ1v) is 8.51. The zero-order valence-corrected chi connectivity index (χ0v) is 14.4. The Kier molecular flexibility index (Phi) is 4.42. The predicted octanol–water partition coefficient (Wildman–Crippen LogP) is 1.91. The summed E-state index contributed by atoms with van der Waals surface area (Å²) >= 11 is 1.49. The molecule has 2 N–H and O–H groups in total. The van der Waals surface area contributed by atoms with Crippen LogP contribution in [0.4, 0.5) is 0 Å². The summed E-state index contributed by atoms with van der Waals surface area (Å²) in [7, 11) is 0. The van der Waals surface area contributed by atoms with Crippen molar-refractivity contribution in [1.82, 2.24) is 14.9 Å². The summed E-state index contributed by atoms with van der Waals surface area (Å²) in [4.78, 5) is 28.2. The number of carboxylic acids is 1. The number of carboxylic acid groups (broad SMARTS) is 1. The molecule has 24 heavy (non-hydrogen) atoms.